The maximum Gasteiger partial charge on any atom is 0.191 e. The number of nitrogens with one attached hydrogen (secondary N) is 2. The summed E-state index contributed by atoms with van der Waals surface area (Å²) in [6.07, 6.45) is 3.30. The van der Waals surface area contributed by atoms with Gasteiger partial charge in [0.2, 0.25) is 0 Å². The van der Waals surface area contributed by atoms with Crippen LogP contribution in [0.1, 0.15) is 11.3 Å². The van der Waals surface area contributed by atoms with E-state index in [1.54, 1.807) is 19.5 Å². The Morgan fingerprint density at radius 3 is 2.73 bits per heavy atom. The van der Waals surface area contributed by atoms with Gasteiger partial charge in [0.05, 0.1) is 26.0 Å². The van der Waals surface area contributed by atoms with Crippen molar-refractivity contribution in [2.45, 2.75) is 13.1 Å². The molecule has 1 saturated heterocycles. The van der Waals surface area contributed by atoms with Crippen LogP contribution in [0.3, 0.4) is 0 Å². The summed E-state index contributed by atoms with van der Waals surface area (Å²) in [6.45, 7) is 3.46. The predicted molar refractivity (Wildman–Crippen MR) is 108 cm³/mol. The zero-order chi connectivity index (χ0) is 17.5. The molecule has 0 unspecified atom stereocenters. The van der Waals surface area contributed by atoms with Gasteiger partial charge >= 0.3 is 0 Å². The molecule has 0 radical (unpaired) electrons. The Bertz CT molecular complexity index is 705. The summed E-state index contributed by atoms with van der Waals surface area (Å²) in [6, 6.07) is 5.21. The molecule has 3 rings (SSSR count). The van der Waals surface area contributed by atoms with Gasteiger partial charge in [0.15, 0.2) is 17.6 Å². The van der Waals surface area contributed by atoms with Crippen LogP contribution in [0.2, 0.25) is 0 Å². The van der Waals surface area contributed by atoms with E-state index < -0.39 is 0 Å². The number of halogens is 2. The molecule has 142 valence electrons. The normalized spacial score (nSPS) is 14.7. The van der Waals surface area contributed by atoms with Crippen molar-refractivity contribution in [2.24, 2.45) is 4.99 Å². The molecule has 0 spiro atoms. The second kappa shape index (κ2) is 10.3. The van der Waals surface area contributed by atoms with Crippen molar-refractivity contribution < 1.29 is 13.5 Å². The third-order valence-electron chi connectivity index (χ3n) is 3.88. The predicted octanol–water partition coefficient (Wildman–Crippen LogP) is 2.13. The summed E-state index contributed by atoms with van der Waals surface area (Å²) in [5.41, 5.74) is 0.746. The molecule has 9 heteroatoms. The molecule has 1 aliphatic rings. The maximum atomic E-state index is 14.3. The molecule has 1 aliphatic heterocycles. The minimum absolute atomic E-state index is 0. The molecule has 26 heavy (non-hydrogen) atoms. The van der Waals surface area contributed by atoms with Crippen LogP contribution < -0.4 is 15.5 Å². The first-order valence-electron chi connectivity index (χ1n) is 8.20. The number of aliphatic imine (C=N–C) groups is 1. The highest BCUT2D eigenvalue weighted by atomic mass is 127. The quantitative estimate of drug-likeness (QED) is 0.392. The van der Waals surface area contributed by atoms with Crippen LogP contribution in [0.15, 0.2) is 40.1 Å². The molecule has 7 nitrogen and oxygen atoms in total. The Morgan fingerprint density at radius 2 is 2.08 bits per heavy atom. The fourth-order valence-corrected chi connectivity index (χ4v) is 2.57. The zero-order valence-electron chi connectivity index (χ0n) is 14.6. The molecule has 1 fully saturated rings. The van der Waals surface area contributed by atoms with Crippen LogP contribution in [-0.4, -0.2) is 44.3 Å². The smallest absolute Gasteiger partial charge is 0.191 e. The third-order valence-corrected chi connectivity index (χ3v) is 3.88. The minimum Gasteiger partial charge on any atom is -0.467 e. The summed E-state index contributed by atoms with van der Waals surface area (Å²) in [7, 11) is 1.68. The van der Waals surface area contributed by atoms with Crippen LogP contribution >= 0.6 is 24.0 Å². The molecule has 0 bridgehead atoms. The van der Waals surface area contributed by atoms with Crippen molar-refractivity contribution in [3.05, 3.63) is 47.8 Å². The highest BCUT2D eigenvalue weighted by Crippen LogP contribution is 2.18. The fourth-order valence-electron chi connectivity index (χ4n) is 2.57. The van der Waals surface area contributed by atoms with E-state index in [9.17, 15) is 4.39 Å². The van der Waals surface area contributed by atoms with Gasteiger partial charge in [0.1, 0.15) is 5.76 Å². The van der Waals surface area contributed by atoms with E-state index in [4.69, 9.17) is 9.15 Å². The van der Waals surface area contributed by atoms with Crippen LogP contribution in [0.25, 0.3) is 0 Å². The van der Waals surface area contributed by atoms with Gasteiger partial charge in [-0.15, -0.1) is 24.0 Å². The van der Waals surface area contributed by atoms with E-state index in [0.29, 0.717) is 51.2 Å². The first-order chi connectivity index (χ1) is 12.3. The van der Waals surface area contributed by atoms with Crippen LogP contribution in [0.4, 0.5) is 10.2 Å². The van der Waals surface area contributed by atoms with Crippen molar-refractivity contribution in [3.63, 3.8) is 0 Å². The van der Waals surface area contributed by atoms with E-state index in [-0.39, 0.29) is 29.8 Å². The highest BCUT2D eigenvalue weighted by molar-refractivity contribution is 14.0. The maximum absolute atomic E-state index is 14.3. The number of anilines is 1. The van der Waals surface area contributed by atoms with Gasteiger partial charge in [-0.1, -0.05) is 0 Å². The molecule has 0 aromatic carbocycles. The number of pyridine rings is 1. The van der Waals surface area contributed by atoms with Gasteiger partial charge < -0.3 is 24.7 Å². The Morgan fingerprint density at radius 1 is 1.31 bits per heavy atom. The van der Waals surface area contributed by atoms with Gasteiger partial charge in [0, 0.05) is 32.9 Å². The number of rotatable bonds is 5. The van der Waals surface area contributed by atoms with Gasteiger partial charge in [-0.05, 0) is 23.8 Å². The lowest BCUT2D eigenvalue weighted by Crippen LogP contribution is -2.37. The highest BCUT2D eigenvalue weighted by Gasteiger charge is 2.16. The lowest BCUT2D eigenvalue weighted by atomic mass is 10.2. The topological polar surface area (TPSA) is 74.9 Å². The Labute approximate surface area is 169 Å². The Hall–Kier alpha value is -1.88. The molecular weight excluding hydrogens is 452 g/mol. The summed E-state index contributed by atoms with van der Waals surface area (Å²) in [5.74, 6) is 1.48. The third kappa shape index (κ3) is 5.56. The molecule has 0 saturated carbocycles. The van der Waals surface area contributed by atoms with Crippen molar-refractivity contribution >= 4 is 35.8 Å². The van der Waals surface area contributed by atoms with E-state index in [0.717, 1.165) is 11.3 Å². The lowest BCUT2D eigenvalue weighted by Gasteiger charge is -2.28. The van der Waals surface area contributed by atoms with Crippen molar-refractivity contribution in [2.75, 3.05) is 38.3 Å². The average molecular weight is 475 g/mol. The molecule has 0 atom stereocenters. The van der Waals surface area contributed by atoms with Gasteiger partial charge in [-0.2, -0.15) is 0 Å². The fraction of sp³-hybridized carbons (Fsp3) is 0.412. The standard InChI is InChI=1S/C17H22FN5O2.HI/c1-19-17(22-12-14-3-2-6-25-14)21-11-13-9-15(18)16(20-10-13)23-4-7-24-8-5-23;/h2-3,6,9-10H,4-5,7-8,11-12H2,1H3,(H2,19,21,22);1H. The number of ether oxygens (including phenoxy) is 1. The molecule has 0 aliphatic carbocycles. The number of nitrogens with zero attached hydrogens (tertiary/aromatic N) is 3. The van der Waals surface area contributed by atoms with Crippen LogP contribution in [0.5, 0.6) is 0 Å². The first kappa shape index (κ1) is 20.4. The summed E-state index contributed by atoms with van der Waals surface area (Å²) in [5, 5.41) is 6.26. The summed E-state index contributed by atoms with van der Waals surface area (Å²) < 4.78 is 24.9. The van der Waals surface area contributed by atoms with Crippen molar-refractivity contribution in [1.82, 2.24) is 15.6 Å². The van der Waals surface area contributed by atoms with Crippen LogP contribution in [-0.2, 0) is 17.8 Å². The first-order valence-corrected chi connectivity index (χ1v) is 8.20. The van der Waals surface area contributed by atoms with Gasteiger partial charge in [0.25, 0.3) is 0 Å². The molecular formula is C17H23FIN5O2. The molecule has 2 N–H and O–H groups in total. The van der Waals surface area contributed by atoms with Gasteiger partial charge in [-0.3, -0.25) is 4.99 Å². The van der Waals surface area contributed by atoms with E-state index in [1.165, 1.54) is 6.07 Å². The number of furan rings is 1. The monoisotopic (exact) mass is 475 g/mol. The van der Waals surface area contributed by atoms with Crippen molar-refractivity contribution in [1.29, 1.82) is 0 Å². The van der Waals surface area contributed by atoms with E-state index >= 15 is 0 Å². The molecule has 2 aromatic rings. The molecule has 2 aromatic heterocycles. The SMILES string of the molecule is CN=C(NCc1cnc(N2CCOCC2)c(F)c1)NCc1ccco1.I. The lowest BCUT2D eigenvalue weighted by molar-refractivity contribution is 0.122. The number of hydrogen-bond acceptors (Lipinski definition) is 5. The van der Waals surface area contributed by atoms with E-state index in [2.05, 4.69) is 20.6 Å². The number of guanidine groups is 1. The number of hydrogen-bond donors (Lipinski definition) is 2. The minimum atomic E-state index is -0.320. The summed E-state index contributed by atoms with van der Waals surface area (Å²) >= 11 is 0. The number of aromatic nitrogens is 1. The average Bonchev–Trinajstić information content (AvgIpc) is 3.16. The Kier molecular flexibility index (Phi) is 8.10. The zero-order valence-corrected chi connectivity index (χ0v) is 16.9. The summed E-state index contributed by atoms with van der Waals surface area (Å²) in [4.78, 5) is 10.3. The second-order valence-corrected chi connectivity index (χ2v) is 5.61. The second-order valence-electron chi connectivity index (χ2n) is 5.61. The van der Waals surface area contributed by atoms with Crippen LogP contribution in [0, 0.1) is 5.82 Å². The molecule has 0 amide bonds. The number of morpholine rings is 1. The molecule has 3 heterocycles. The van der Waals surface area contributed by atoms with Crippen molar-refractivity contribution in [3.8, 4) is 0 Å². The largest absolute Gasteiger partial charge is 0.467 e. The van der Waals surface area contributed by atoms with Gasteiger partial charge in [-0.25, -0.2) is 9.37 Å². The Balaban J connectivity index is 0.00000243. The van der Waals surface area contributed by atoms with E-state index in [1.807, 2.05) is 17.0 Å².